The van der Waals surface area contributed by atoms with Gasteiger partial charge in [-0.25, -0.2) is 0 Å². The van der Waals surface area contributed by atoms with Gasteiger partial charge in [-0.2, -0.15) is 0 Å². The zero-order chi connectivity index (χ0) is 15.4. The van der Waals surface area contributed by atoms with E-state index >= 15 is 0 Å². The van der Waals surface area contributed by atoms with Gasteiger partial charge in [0.2, 0.25) is 0 Å². The van der Waals surface area contributed by atoms with Crippen LogP contribution in [0.25, 0.3) is 0 Å². The SMILES string of the molecule is COc1ccc(C(Br)Cc2ccc(Br)cc2)c(OC)c1Br. The van der Waals surface area contributed by atoms with E-state index < -0.39 is 0 Å². The third-order valence-electron chi connectivity index (χ3n) is 3.18. The van der Waals surface area contributed by atoms with E-state index in [0.717, 1.165) is 32.4 Å². The van der Waals surface area contributed by atoms with Gasteiger partial charge in [0, 0.05) is 14.9 Å². The fraction of sp³-hybridized carbons (Fsp3) is 0.250. The summed E-state index contributed by atoms with van der Waals surface area (Å²) in [5.74, 6) is 1.56. The molecular formula is C16H15Br3O2. The van der Waals surface area contributed by atoms with Crippen molar-refractivity contribution in [1.29, 1.82) is 0 Å². The van der Waals surface area contributed by atoms with Crippen molar-refractivity contribution in [2.45, 2.75) is 11.2 Å². The van der Waals surface area contributed by atoms with Crippen LogP contribution in [0.3, 0.4) is 0 Å². The quantitative estimate of drug-likeness (QED) is 0.497. The minimum absolute atomic E-state index is 0.163. The van der Waals surface area contributed by atoms with Gasteiger partial charge in [0.05, 0.1) is 14.2 Å². The van der Waals surface area contributed by atoms with Crippen molar-refractivity contribution in [3.05, 3.63) is 56.5 Å². The Morgan fingerprint density at radius 2 is 1.62 bits per heavy atom. The summed E-state index contributed by atoms with van der Waals surface area (Å²) in [6.07, 6.45) is 0.877. The summed E-state index contributed by atoms with van der Waals surface area (Å²) in [6.45, 7) is 0. The monoisotopic (exact) mass is 476 g/mol. The molecule has 1 atom stereocenters. The molecule has 0 aliphatic rings. The molecule has 112 valence electrons. The van der Waals surface area contributed by atoms with Crippen molar-refractivity contribution < 1.29 is 9.47 Å². The minimum atomic E-state index is 0.163. The summed E-state index contributed by atoms with van der Waals surface area (Å²) in [5, 5.41) is 0. The second kappa shape index (κ2) is 7.65. The fourth-order valence-electron chi connectivity index (χ4n) is 2.10. The van der Waals surface area contributed by atoms with E-state index in [-0.39, 0.29) is 4.83 Å². The molecule has 1 unspecified atom stereocenters. The minimum Gasteiger partial charge on any atom is -0.495 e. The van der Waals surface area contributed by atoms with Gasteiger partial charge in [0.15, 0.2) is 0 Å². The van der Waals surface area contributed by atoms with Crippen molar-refractivity contribution in [2.75, 3.05) is 14.2 Å². The topological polar surface area (TPSA) is 18.5 Å². The highest BCUT2D eigenvalue weighted by Crippen LogP contribution is 2.42. The number of methoxy groups -OCH3 is 2. The highest BCUT2D eigenvalue weighted by molar-refractivity contribution is 9.11. The second-order valence-electron chi connectivity index (χ2n) is 4.50. The Morgan fingerprint density at radius 3 is 2.19 bits per heavy atom. The number of ether oxygens (including phenoxy) is 2. The van der Waals surface area contributed by atoms with E-state index in [2.05, 4.69) is 72.1 Å². The van der Waals surface area contributed by atoms with E-state index in [1.807, 2.05) is 12.1 Å². The third kappa shape index (κ3) is 4.02. The molecule has 0 N–H and O–H groups in total. The first kappa shape index (κ1) is 16.8. The first-order valence-corrected chi connectivity index (χ1v) is 8.86. The molecule has 0 fully saturated rings. The van der Waals surface area contributed by atoms with Crippen LogP contribution < -0.4 is 9.47 Å². The Kier molecular flexibility index (Phi) is 6.14. The molecule has 0 heterocycles. The average Bonchev–Trinajstić information content (AvgIpc) is 2.49. The maximum Gasteiger partial charge on any atom is 0.141 e. The molecule has 0 aliphatic carbocycles. The normalized spacial score (nSPS) is 12.0. The van der Waals surface area contributed by atoms with Gasteiger partial charge in [-0.1, -0.05) is 50.1 Å². The molecule has 0 radical (unpaired) electrons. The Morgan fingerprint density at radius 1 is 0.952 bits per heavy atom. The fourth-order valence-corrected chi connectivity index (χ4v) is 3.79. The predicted octanol–water partition coefficient (Wildman–Crippen LogP) is 5.91. The summed E-state index contributed by atoms with van der Waals surface area (Å²) in [5.41, 5.74) is 2.35. The summed E-state index contributed by atoms with van der Waals surface area (Å²) in [6, 6.07) is 12.3. The Labute approximate surface area is 150 Å². The summed E-state index contributed by atoms with van der Waals surface area (Å²) in [4.78, 5) is 0.163. The maximum absolute atomic E-state index is 5.53. The van der Waals surface area contributed by atoms with E-state index in [1.165, 1.54) is 5.56 Å². The first-order valence-electron chi connectivity index (χ1n) is 6.35. The molecule has 0 saturated carbocycles. The van der Waals surface area contributed by atoms with Crippen LogP contribution in [-0.2, 0) is 6.42 Å². The van der Waals surface area contributed by atoms with Gasteiger partial charge in [-0.15, -0.1) is 0 Å². The van der Waals surface area contributed by atoms with Crippen LogP contribution in [-0.4, -0.2) is 14.2 Å². The molecule has 0 spiro atoms. The number of halogens is 3. The van der Waals surface area contributed by atoms with E-state index in [1.54, 1.807) is 14.2 Å². The highest BCUT2D eigenvalue weighted by Gasteiger charge is 2.18. The van der Waals surface area contributed by atoms with Gasteiger partial charge in [-0.3, -0.25) is 0 Å². The zero-order valence-electron chi connectivity index (χ0n) is 11.7. The molecular weight excluding hydrogens is 464 g/mol. The van der Waals surface area contributed by atoms with Crippen LogP contribution >= 0.6 is 47.8 Å². The van der Waals surface area contributed by atoms with Gasteiger partial charge in [0.25, 0.3) is 0 Å². The largest absolute Gasteiger partial charge is 0.495 e. The lowest BCUT2D eigenvalue weighted by molar-refractivity contribution is 0.386. The van der Waals surface area contributed by atoms with E-state index in [0.29, 0.717) is 0 Å². The third-order valence-corrected chi connectivity index (χ3v) is 5.28. The number of rotatable bonds is 5. The standard InChI is InChI=1S/C16H15Br3O2/c1-20-14-8-7-12(16(21-2)15(14)19)13(18)9-10-3-5-11(17)6-4-10/h3-8,13H,9H2,1-2H3. The van der Waals surface area contributed by atoms with Crippen molar-refractivity contribution in [3.63, 3.8) is 0 Å². The lowest BCUT2D eigenvalue weighted by Gasteiger charge is -2.17. The van der Waals surface area contributed by atoms with Gasteiger partial charge in [-0.05, 0) is 46.1 Å². The van der Waals surface area contributed by atoms with Gasteiger partial charge < -0.3 is 9.47 Å². The van der Waals surface area contributed by atoms with Crippen LogP contribution in [0.5, 0.6) is 11.5 Å². The molecule has 0 aliphatic heterocycles. The maximum atomic E-state index is 5.53. The highest BCUT2D eigenvalue weighted by atomic mass is 79.9. The van der Waals surface area contributed by atoms with Crippen molar-refractivity contribution in [2.24, 2.45) is 0 Å². The van der Waals surface area contributed by atoms with Crippen LogP contribution in [0.1, 0.15) is 16.0 Å². The second-order valence-corrected chi connectivity index (χ2v) is 7.32. The Balaban J connectivity index is 2.28. The lowest BCUT2D eigenvalue weighted by Crippen LogP contribution is -2.00. The van der Waals surface area contributed by atoms with Crippen LogP contribution in [0, 0.1) is 0 Å². The van der Waals surface area contributed by atoms with Crippen LogP contribution in [0.2, 0.25) is 0 Å². The van der Waals surface area contributed by atoms with Crippen LogP contribution in [0.15, 0.2) is 45.3 Å². The smallest absolute Gasteiger partial charge is 0.141 e. The van der Waals surface area contributed by atoms with Crippen molar-refractivity contribution >= 4 is 47.8 Å². The van der Waals surface area contributed by atoms with Crippen LogP contribution in [0.4, 0.5) is 0 Å². The van der Waals surface area contributed by atoms with E-state index in [4.69, 9.17) is 9.47 Å². The summed E-state index contributed by atoms with van der Waals surface area (Å²) < 4.78 is 12.8. The van der Waals surface area contributed by atoms with Crippen molar-refractivity contribution in [1.82, 2.24) is 0 Å². The summed E-state index contributed by atoms with van der Waals surface area (Å²) >= 11 is 10.8. The number of hydrogen-bond acceptors (Lipinski definition) is 2. The Hall–Kier alpha value is -0.520. The molecule has 5 heteroatoms. The Bertz CT molecular complexity index is 612. The molecule has 21 heavy (non-hydrogen) atoms. The lowest BCUT2D eigenvalue weighted by atomic mass is 10.0. The molecule has 2 nitrogen and oxygen atoms in total. The van der Waals surface area contributed by atoms with E-state index in [9.17, 15) is 0 Å². The molecule has 2 aromatic carbocycles. The number of hydrogen-bond donors (Lipinski definition) is 0. The molecule has 0 aromatic heterocycles. The first-order chi connectivity index (χ1) is 10.1. The number of benzene rings is 2. The molecule has 2 aromatic rings. The number of alkyl halides is 1. The van der Waals surface area contributed by atoms with Crippen molar-refractivity contribution in [3.8, 4) is 11.5 Å². The summed E-state index contributed by atoms with van der Waals surface area (Å²) in [7, 11) is 3.31. The van der Waals surface area contributed by atoms with Gasteiger partial charge >= 0.3 is 0 Å². The predicted molar refractivity (Wildman–Crippen MR) is 96.8 cm³/mol. The molecule has 2 rings (SSSR count). The average molecular weight is 479 g/mol. The molecule has 0 saturated heterocycles. The zero-order valence-corrected chi connectivity index (χ0v) is 16.5. The molecule has 0 bridgehead atoms. The van der Waals surface area contributed by atoms with Gasteiger partial charge in [0.1, 0.15) is 16.0 Å². The molecule has 0 amide bonds.